The van der Waals surface area contributed by atoms with Crippen LogP contribution in [0.5, 0.6) is 5.75 Å². The Hall–Kier alpha value is -1.50. The largest absolute Gasteiger partial charge is 0.497 e. The molecule has 2 aromatic carbocycles. The number of hydrogen-bond acceptors (Lipinski definition) is 4. The van der Waals surface area contributed by atoms with Gasteiger partial charge in [0.25, 0.3) is 0 Å². The molecule has 0 amide bonds. The second-order valence-electron chi connectivity index (χ2n) is 4.17. The summed E-state index contributed by atoms with van der Waals surface area (Å²) in [4.78, 5) is 0.564. The minimum atomic E-state index is -1.59. The van der Waals surface area contributed by atoms with Crippen LogP contribution in [0.3, 0.4) is 0 Å². The molecular formula is C14H14BFO3S. The Labute approximate surface area is 121 Å². The fourth-order valence-corrected chi connectivity index (χ4v) is 2.68. The van der Waals surface area contributed by atoms with E-state index in [0.717, 1.165) is 5.56 Å². The van der Waals surface area contributed by atoms with Crippen molar-refractivity contribution >= 4 is 24.3 Å². The summed E-state index contributed by atoms with van der Waals surface area (Å²) in [5.41, 5.74) is 1.17. The molecule has 0 spiro atoms. The molecule has 3 nitrogen and oxygen atoms in total. The van der Waals surface area contributed by atoms with Crippen LogP contribution < -0.4 is 10.2 Å². The van der Waals surface area contributed by atoms with Crippen molar-refractivity contribution in [1.82, 2.24) is 0 Å². The fourth-order valence-electron chi connectivity index (χ4n) is 1.80. The molecule has 104 valence electrons. The molecule has 0 heterocycles. The first kappa shape index (κ1) is 14.9. The Kier molecular flexibility index (Phi) is 5.06. The van der Waals surface area contributed by atoms with E-state index in [2.05, 4.69) is 0 Å². The molecule has 0 radical (unpaired) electrons. The highest BCUT2D eigenvalue weighted by Crippen LogP contribution is 2.25. The molecule has 6 heteroatoms. The molecule has 0 saturated carbocycles. The van der Waals surface area contributed by atoms with E-state index in [-0.39, 0.29) is 5.82 Å². The van der Waals surface area contributed by atoms with Gasteiger partial charge in [-0.25, -0.2) is 4.39 Å². The molecule has 0 atom stereocenters. The van der Waals surface area contributed by atoms with Gasteiger partial charge in [-0.2, -0.15) is 0 Å². The van der Waals surface area contributed by atoms with Crippen molar-refractivity contribution in [3.8, 4) is 5.75 Å². The maximum atomic E-state index is 13.5. The minimum Gasteiger partial charge on any atom is -0.497 e. The molecule has 2 N–H and O–H groups in total. The second-order valence-corrected chi connectivity index (χ2v) is 5.19. The number of benzene rings is 2. The minimum absolute atomic E-state index is 0.256. The van der Waals surface area contributed by atoms with E-state index in [1.165, 1.54) is 24.9 Å². The van der Waals surface area contributed by atoms with Gasteiger partial charge in [-0.15, -0.1) is 11.8 Å². The zero-order valence-electron chi connectivity index (χ0n) is 10.9. The number of hydrogen-bond donors (Lipinski definition) is 2. The third kappa shape index (κ3) is 3.53. The topological polar surface area (TPSA) is 49.7 Å². The van der Waals surface area contributed by atoms with Gasteiger partial charge < -0.3 is 14.8 Å². The van der Waals surface area contributed by atoms with Crippen LogP contribution in [0.15, 0.2) is 47.4 Å². The second kappa shape index (κ2) is 6.79. The van der Waals surface area contributed by atoms with Gasteiger partial charge in [0.1, 0.15) is 11.6 Å². The number of thioether (sulfide) groups is 1. The molecule has 0 fully saturated rings. The van der Waals surface area contributed by atoms with Gasteiger partial charge in [0.05, 0.1) is 7.11 Å². The zero-order chi connectivity index (χ0) is 14.5. The Morgan fingerprint density at radius 3 is 2.60 bits per heavy atom. The van der Waals surface area contributed by atoms with Gasteiger partial charge in [0.15, 0.2) is 0 Å². The van der Waals surface area contributed by atoms with Crippen molar-refractivity contribution in [2.24, 2.45) is 0 Å². The molecule has 0 aliphatic carbocycles. The van der Waals surface area contributed by atoms with E-state index in [1.807, 2.05) is 6.07 Å². The molecule has 2 rings (SSSR count). The van der Waals surface area contributed by atoms with Crippen LogP contribution in [-0.2, 0) is 5.75 Å². The van der Waals surface area contributed by atoms with E-state index in [0.29, 0.717) is 21.9 Å². The lowest BCUT2D eigenvalue weighted by Crippen LogP contribution is -2.31. The molecule has 0 bridgehead atoms. The highest BCUT2D eigenvalue weighted by atomic mass is 32.2. The highest BCUT2D eigenvalue weighted by Gasteiger charge is 2.17. The first-order valence-corrected chi connectivity index (χ1v) is 7.00. The lowest BCUT2D eigenvalue weighted by atomic mass is 9.79. The van der Waals surface area contributed by atoms with Crippen molar-refractivity contribution in [1.29, 1.82) is 0 Å². The molecular weight excluding hydrogens is 278 g/mol. The van der Waals surface area contributed by atoms with E-state index < -0.39 is 7.12 Å². The van der Waals surface area contributed by atoms with Crippen molar-refractivity contribution < 1.29 is 19.2 Å². The lowest BCUT2D eigenvalue weighted by Gasteiger charge is -2.10. The van der Waals surface area contributed by atoms with E-state index in [1.54, 1.807) is 30.3 Å². The third-order valence-corrected chi connectivity index (χ3v) is 3.92. The van der Waals surface area contributed by atoms with Crippen LogP contribution in [-0.4, -0.2) is 24.3 Å². The van der Waals surface area contributed by atoms with Crippen molar-refractivity contribution in [3.05, 3.63) is 53.8 Å². The SMILES string of the molecule is COc1ccc(CSc2ccccc2F)cc1B(O)O. The van der Waals surface area contributed by atoms with Crippen molar-refractivity contribution in [3.63, 3.8) is 0 Å². The molecule has 0 aromatic heterocycles. The molecule has 0 unspecified atom stereocenters. The first-order chi connectivity index (χ1) is 9.61. The van der Waals surface area contributed by atoms with Gasteiger partial charge in [-0.1, -0.05) is 24.3 Å². The Morgan fingerprint density at radius 2 is 1.95 bits per heavy atom. The highest BCUT2D eigenvalue weighted by molar-refractivity contribution is 7.98. The zero-order valence-corrected chi connectivity index (χ0v) is 11.7. The van der Waals surface area contributed by atoms with Crippen LogP contribution in [0.25, 0.3) is 0 Å². The molecule has 20 heavy (non-hydrogen) atoms. The number of halogens is 1. The summed E-state index contributed by atoms with van der Waals surface area (Å²) < 4.78 is 18.6. The summed E-state index contributed by atoms with van der Waals surface area (Å²) in [5.74, 6) is 0.693. The van der Waals surface area contributed by atoms with Gasteiger partial charge in [-0.05, 0) is 23.8 Å². The van der Waals surface area contributed by atoms with Crippen LogP contribution in [0.4, 0.5) is 4.39 Å². The van der Waals surface area contributed by atoms with Crippen molar-refractivity contribution in [2.45, 2.75) is 10.6 Å². The smallest absolute Gasteiger partial charge is 0.492 e. The summed E-state index contributed by atoms with van der Waals surface area (Å²) in [7, 11) is -0.127. The monoisotopic (exact) mass is 292 g/mol. The standard InChI is InChI=1S/C14H14BFO3S/c1-19-13-7-6-10(8-11(13)15(17)18)9-20-14-5-3-2-4-12(14)16/h2-8,17-18H,9H2,1H3. The quantitative estimate of drug-likeness (QED) is 0.652. The third-order valence-electron chi connectivity index (χ3n) is 2.80. The normalized spacial score (nSPS) is 10.4. The van der Waals surface area contributed by atoms with E-state index in [9.17, 15) is 14.4 Å². The van der Waals surface area contributed by atoms with Crippen molar-refractivity contribution in [2.75, 3.05) is 7.11 Å². The van der Waals surface area contributed by atoms with Gasteiger partial charge in [0, 0.05) is 16.1 Å². The predicted octanol–water partition coefficient (Wildman–Crippen LogP) is 1.81. The number of rotatable bonds is 5. The Bertz CT molecular complexity index is 592. The Morgan fingerprint density at radius 1 is 1.20 bits per heavy atom. The van der Waals surface area contributed by atoms with Gasteiger partial charge in [0.2, 0.25) is 0 Å². The molecule has 0 saturated heterocycles. The summed E-state index contributed by atoms with van der Waals surface area (Å²) >= 11 is 1.35. The summed E-state index contributed by atoms with van der Waals surface area (Å²) in [6.45, 7) is 0. The van der Waals surface area contributed by atoms with E-state index in [4.69, 9.17) is 4.74 Å². The fraction of sp³-hybridized carbons (Fsp3) is 0.143. The van der Waals surface area contributed by atoms with Crippen LogP contribution in [0, 0.1) is 5.82 Å². The molecule has 2 aromatic rings. The molecule has 0 aliphatic heterocycles. The molecule has 0 aliphatic rings. The van der Waals surface area contributed by atoms with Crippen LogP contribution in [0.1, 0.15) is 5.56 Å². The Balaban J connectivity index is 2.14. The predicted molar refractivity (Wildman–Crippen MR) is 78.8 cm³/mol. The maximum Gasteiger partial charge on any atom is 0.492 e. The van der Waals surface area contributed by atoms with Gasteiger partial charge >= 0.3 is 7.12 Å². The number of ether oxygens (including phenoxy) is 1. The number of methoxy groups -OCH3 is 1. The van der Waals surface area contributed by atoms with Crippen LogP contribution >= 0.6 is 11.8 Å². The summed E-state index contributed by atoms with van der Waals surface area (Å²) in [6, 6.07) is 11.7. The lowest BCUT2D eigenvalue weighted by molar-refractivity contribution is 0.403. The summed E-state index contributed by atoms with van der Waals surface area (Å²) in [6.07, 6.45) is 0. The van der Waals surface area contributed by atoms with Gasteiger partial charge in [-0.3, -0.25) is 0 Å². The first-order valence-electron chi connectivity index (χ1n) is 6.02. The maximum absolute atomic E-state index is 13.5. The summed E-state index contributed by atoms with van der Waals surface area (Å²) in [5, 5.41) is 18.6. The van der Waals surface area contributed by atoms with E-state index >= 15 is 0 Å². The average molecular weight is 292 g/mol. The van der Waals surface area contributed by atoms with Crippen LogP contribution in [0.2, 0.25) is 0 Å². The average Bonchev–Trinajstić information content (AvgIpc) is 2.46.